The summed E-state index contributed by atoms with van der Waals surface area (Å²) in [5, 5.41) is 19.2. The van der Waals surface area contributed by atoms with Gasteiger partial charge in [0, 0.05) is 34.8 Å². The first-order valence-electron chi connectivity index (χ1n) is 8.87. The molecule has 0 spiro atoms. The third-order valence-electron chi connectivity index (χ3n) is 4.56. The summed E-state index contributed by atoms with van der Waals surface area (Å²) in [6.45, 7) is -0.296. The molecule has 148 valence electrons. The maximum absolute atomic E-state index is 14.5. The minimum Gasteiger partial charge on any atom is -0.394 e. The SMILES string of the molecule is O=C(N[C@H](CO)Cc1cnc[nH]1)c1cc(F)c2n[nH]c(-c3cccc(F)c3)c2c1. The van der Waals surface area contributed by atoms with Crippen molar-refractivity contribution in [3.05, 3.63) is 71.8 Å². The summed E-state index contributed by atoms with van der Waals surface area (Å²) in [6, 6.07) is 7.78. The van der Waals surface area contributed by atoms with Gasteiger partial charge in [0.1, 0.15) is 11.3 Å². The first-order valence-corrected chi connectivity index (χ1v) is 8.87. The number of carbonyl (C=O) groups excluding carboxylic acids is 1. The average molecular weight is 397 g/mol. The number of aromatic amines is 2. The number of hydrogen-bond acceptors (Lipinski definition) is 4. The number of rotatable bonds is 6. The molecule has 9 heteroatoms. The summed E-state index contributed by atoms with van der Waals surface area (Å²) in [7, 11) is 0. The van der Waals surface area contributed by atoms with Gasteiger partial charge in [-0.3, -0.25) is 9.89 Å². The van der Waals surface area contributed by atoms with Gasteiger partial charge in [0.05, 0.1) is 24.7 Å². The number of halogens is 2. The lowest BCUT2D eigenvalue weighted by Crippen LogP contribution is -2.39. The molecule has 0 radical (unpaired) electrons. The highest BCUT2D eigenvalue weighted by Crippen LogP contribution is 2.29. The molecule has 7 nitrogen and oxygen atoms in total. The molecule has 4 aromatic rings. The zero-order valence-electron chi connectivity index (χ0n) is 15.1. The van der Waals surface area contributed by atoms with Crippen LogP contribution >= 0.6 is 0 Å². The molecule has 4 N–H and O–H groups in total. The van der Waals surface area contributed by atoms with Crippen molar-refractivity contribution in [1.82, 2.24) is 25.5 Å². The molecule has 29 heavy (non-hydrogen) atoms. The van der Waals surface area contributed by atoms with Crippen LogP contribution in [-0.4, -0.2) is 43.8 Å². The highest BCUT2D eigenvalue weighted by atomic mass is 19.1. The number of hydrogen-bond donors (Lipinski definition) is 4. The highest BCUT2D eigenvalue weighted by molar-refractivity contribution is 6.01. The van der Waals surface area contributed by atoms with E-state index in [2.05, 4.69) is 25.5 Å². The number of benzene rings is 2. The highest BCUT2D eigenvalue weighted by Gasteiger charge is 2.19. The van der Waals surface area contributed by atoms with E-state index in [4.69, 9.17) is 0 Å². The van der Waals surface area contributed by atoms with Crippen molar-refractivity contribution in [2.24, 2.45) is 0 Å². The predicted octanol–water partition coefficient (Wildman–Crippen LogP) is 2.56. The fraction of sp³-hybridized carbons (Fsp3) is 0.150. The molecule has 0 saturated carbocycles. The fourth-order valence-corrected chi connectivity index (χ4v) is 3.16. The van der Waals surface area contributed by atoms with E-state index in [-0.39, 0.29) is 17.7 Å². The van der Waals surface area contributed by atoms with Crippen LogP contribution in [0.15, 0.2) is 48.9 Å². The van der Waals surface area contributed by atoms with Crippen molar-refractivity contribution in [2.75, 3.05) is 6.61 Å². The monoisotopic (exact) mass is 397 g/mol. The number of aliphatic hydroxyl groups excluding tert-OH is 1. The molecular weight excluding hydrogens is 380 g/mol. The van der Waals surface area contributed by atoms with E-state index in [1.54, 1.807) is 12.3 Å². The molecule has 4 rings (SSSR count). The molecule has 2 aromatic carbocycles. The van der Waals surface area contributed by atoms with Gasteiger partial charge in [-0.25, -0.2) is 13.8 Å². The second-order valence-electron chi connectivity index (χ2n) is 6.60. The lowest BCUT2D eigenvalue weighted by atomic mass is 10.0. The number of amides is 1. The van der Waals surface area contributed by atoms with Gasteiger partial charge >= 0.3 is 0 Å². The Morgan fingerprint density at radius 3 is 2.83 bits per heavy atom. The molecule has 0 unspecified atom stereocenters. The number of imidazole rings is 1. The summed E-state index contributed by atoms with van der Waals surface area (Å²) >= 11 is 0. The molecule has 2 heterocycles. The van der Waals surface area contributed by atoms with Crippen LogP contribution in [0.5, 0.6) is 0 Å². The predicted molar refractivity (Wildman–Crippen MR) is 102 cm³/mol. The van der Waals surface area contributed by atoms with E-state index >= 15 is 0 Å². The van der Waals surface area contributed by atoms with Gasteiger partial charge in [0.25, 0.3) is 5.91 Å². The standard InChI is InChI=1S/C20H17F2N5O2/c21-13-3-1-2-11(4-13)18-16-5-12(6-17(22)19(16)27-26-18)20(29)25-15(9-28)7-14-8-23-10-24-14/h1-6,8,10,15,28H,7,9H2,(H,23,24)(H,25,29)(H,26,27)/t15-/m0/s1. The van der Waals surface area contributed by atoms with Crippen LogP contribution in [0.4, 0.5) is 8.78 Å². The number of aliphatic hydroxyl groups is 1. The molecule has 0 saturated heterocycles. The van der Waals surface area contributed by atoms with Crippen LogP contribution in [0.3, 0.4) is 0 Å². The van der Waals surface area contributed by atoms with Crippen molar-refractivity contribution in [2.45, 2.75) is 12.5 Å². The third kappa shape index (κ3) is 3.85. The van der Waals surface area contributed by atoms with E-state index < -0.39 is 23.6 Å². The number of H-pyrrole nitrogens is 2. The van der Waals surface area contributed by atoms with Gasteiger partial charge in [-0.1, -0.05) is 12.1 Å². The Labute approximate surface area is 163 Å². The average Bonchev–Trinajstić information content (AvgIpc) is 3.37. The molecular formula is C20H17F2N5O2. The van der Waals surface area contributed by atoms with Gasteiger partial charge in [0.2, 0.25) is 0 Å². The number of nitrogens with zero attached hydrogens (tertiary/aromatic N) is 2. The van der Waals surface area contributed by atoms with Crippen molar-refractivity contribution in [3.8, 4) is 11.3 Å². The van der Waals surface area contributed by atoms with E-state index in [0.717, 1.165) is 11.8 Å². The molecule has 0 aliphatic carbocycles. The zero-order chi connectivity index (χ0) is 20.4. The Balaban J connectivity index is 1.65. The lowest BCUT2D eigenvalue weighted by molar-refractivity contribution is 0.0916. The van der Waals surface area contributed by atoms with Gasteiger partial charge in [-0.2, -0.15) is 5.10 Å². The Morgan fingerprint density at radius 2 is 2.10 bits per heavy atom. The molecule has 1 atom stereocenters. The summed E-state index contributed by atoms with van der Waals surface area (Å²) in [5.41, 5.74) is 1.75. The van der Waals surface area contributed by atoms with Gasteiger partial charge in [-0.05, 0) is 24.3 Å². The maximum atomic E-state index is 14.5. The van der Waals surface area contributed by atoms with E-state index in [9.17, 15) is 18.7 Å². The molecule has 0 aliphatic rings. The first-order chi connectivity index (χ1) is 14.0. The van der Waals surface area contributed by atoms with Crippen LogP contribution in [0.2, 0.25) is 0 Å². The van der Waals surface area contributed by atoms with Crippen molar-refractivity contribution < 1.29 is 18.7 Å². The van der Waals surface area contributed by atoms with Crippen LogP contribution in [0, 0.1) is 11.6 Å². The normalized spacial score (nSPS) is 12.2. The number of aromatic nitrogens is 4. The van der Waals surface area contributed by atoms with Crippen LogP contribution in [0.25, 0.3) is 22.2 Å². The zero-order valence-corrected chi connectivity index (χ0v) is 15.1. The number of fused-ring (bicyclic) bond motifs is 1. The molecule has 1 amide bonds. The lowest BCUT2D eigenvalue weighted by Gasteiger charge is -2.15. The first kappa shape index (κ1) is 18.8. The Morgan fingerprint density at radius 1 is 1.24 bits per heavy atom. The topological polar surface area (TPSA) is 107 Å². The smallest absolute Gasteiger partial charge is 0.251 e. The van der Waals surface area contributed by atoms with Gasteiger partial charge in [-0.15, -0.1) is 0 Å². The van der Waals surface area contributed by atoms with Crippen LogP contribution in [-0.2, 0) is 6.42 Å². The minimum absolute atomic E-state index is 0.0528. The number of carbonyl (C=O) groups is 1. The van der Waals surface area contributed by atoms with Gasteiger partial charge in [0.15, 0.2) is 5.82 Å². The molecule has 0 bridgehead atoms. The third-order valence-corrected chi connectivity index (χ3v) is 4.56. The van der Waals surface area contributed by atoms with Crippen molar-refractivity contribution >= 4 is 16.8 Å². The molecule has 2 aromatic heterocycles. The van der Waals surface area contributed by atoms with E-state index in [1.165, 1.54) is 30.6 Å². The molecule has 0 aliphatic heterocycles. The summed E-state index contributed by atoms with van der Waals surface area (Å²) in [5.74, 6) is -1.67. The van der Waals surface area contributed by atoms with Crippen molar-refractivity contribution in [1.29, 1.82) is 0 Å². The second-order valence-corrected chi connectivity index (χ2v) is 6.60. The quantitative estimate of drug-likeness (QED) is 0.401. The van der Waals surface area contributed by atoms with E-state index in [1.807, 2.05) is 0 Å². The Bertz CT molecular complexity index is 1160. The Kier molecular flexibility index (Phi) is 5.05. The number of nitrogens with one attached hydrogen (secondary N) is 3. The maximum Gasteiger partial charge on any atom is 0.251 e. The fourth-order valence-electron chi connectivity index (χ4n) is 3.16. The largest absolute Gasteiger partial charge is 0.394 e. The summed E-state index contributed by atoms with van der Waals surface area (Å²) < 4.78 is 28.1. The molecule has 0 fully saturated rings. The van der Waals surface area contributed by atoms with Crippen LogP contribution < -0.4 is 5.32 Å². The van der Waals surface area contributed by atoms with Crippen molar-refractivity contribution in [3.63, 3.8) is 0 Å². The van der Waals surface area contributed by atoms with Crippen LogP contribution in [0.1, 0.15) is 16.1 Å². The Hall–Kier alpha value is -3.59. The van der Waals surface area contributed by atoms with Gasteiger partial charge < -0.3 is 15.4 Å². The second kappa shape index (κ2) is 7.80. The summed E-state index contributed by atoms with van der Waals surface area (Å²) in [4.78, 5) is 19.5. The summed E-state index contributed by atoms with van der Waals surface area (Å²) in [6.07, 6.45) is 3.44. The van der Waals surface area contributed by atoms with E-state index in [0.29, 0.717) is 23.1 Å². The minimum atomic E-state index is -0.680.